The lowest BCUT2D eigenvalue weighted by atomic mass is 10.1. The van der Waals surface area contributed by atoms with E-state index in [1.807, 2.05) is 54.3 Å². The molecule has 0 aliphatic heterocycles. The SMILES string of the molecule is Cc1cccc(NC(=O)c2ccccc2NC(=O)CSc2nnc(Cc3cccs3)n2C)c1. The van der Waals surface area contributed by atoms with Crippen LogP contribution in [-0.2, 0) is 18.3 Å². The molecule has 0 radical (unpaired) electrons. The summed E-state index contributed by atoms with van der Waals surface area (Å²) >= 11 is 2.98. The Morgan fingerprint density at radius 2 is 1.88 bits per heavy atom. The number of para-hydroxylation sites is 1. The summed E-state index contributed by atoms with van der Waals surface area (Å²) in [5.74, 6) is 0.492. The van der Waals surface area contributed by atoms with E-state index < -0.39 is 0 Å². The molecule has 0 unspecified atom stereocenters. The number of thioether (sulfide) groups is 1. The van der Waals surface area contributed by atoms with E-state index in [-0.39, 0.29) is 17.6 Å². The molecular formula is C24H23N5O2S2. The van der Waals surface area contributed by atoms with E-state index in [2.05, 4.69) is 26.9 Å². The van der Waals surface area contributed by atoms with Gasteiger partial charge in [-0.05, 0) is 48.2 Å². The highest BCUT2D eigenvalue weighted by Crippen LogP contribution is 2.21. The Balaban J connectivity index is 1.37. The number of aryl methyl sites for hydroxylation is 1. The van der Waals surface area contributed by atoms with Crippen LogP contribution in [-0.4, -0.2) is 32.3 Å². The third-order valence-corrected chi connectivity index (χ3v) is 6.79. The zero-order chi connectivity index (χ0) is 23.2. The number of anilines is 2. The van der Waals surface area contributed by atoms with E-state index in [1.54, 1.807) is 35.6 Å². The van der Waals surface area contributed by atoms with Crippen LogP contribution in [0.25, 0.3) is 0 Å². The average molecular weight is 478 g/mol. The molecule has 7 nitrogen and oxygen atoms in total. The molecular weight excluding hydrogens is 454 g/mol. The van der Waals surface area contributed by atoms with Crippen molar-refractivity contribution < 1.29 is 9.59 Å². The Morgan fingerprint density at radius 3 is 2.67 bits per heavy atom. The molecule has 0 bridgehead atoms. The summed E-state index contributed by atoms with van der Waals surface area (Å²) in [6.45, 7) is 1.96. The molecule has 0 fully saturated rings. The van der Waals surface area contributed by atoms with Crippen molar-refractivity contribution in [3.63, 3.8) is 0 Å². The van der Waals surface area contributed by atoms with Crippen molar-refractivity contribution >= 4 is 46.3 Å². The first-order chi connectivity index (χ1) is 16.0. The third-order valence-electron chi connectivity index (χ3n) is 4.89. The lowest BCUT2D eigenvalue weighted by Gasteiger charge is -2.12. The Morgan fingerprint density at radius 1 is 1.03 bits per heavy atom. The molecule has 0 aliphatic rings. The molecule has 0 saturated heterocycles. The summed E-state index contributed by atoms with van der Waals surface area (Å²) in [4.78, 5) is 26.6. The quantitative estimate of drug-likeness (QED) is 0.357. The number of hydrogen-bond donors (Lipinski definition) is 2. The number of amides is 2. The maximum absolute atomic E-state index is 12.8. The van der Waals surface area contributed by atoms with Crippen molar-refractivity contribution in [1.29, 1.82) is 0 Å². The molecule has 4 rings (SSSR count). The van der Waals surface area contributed by atoms with Gasteiger partial charge in [-0.15, -0.1) is 21.5 Å². The van der Waals surface area contributed by atoms with Gasteiger partial charge in [-0.1, -0.05) is 42.1 Å². The van der Waals surface area contributed by atoms with Crippen molar-refractivity contribution in [2.24, 2.45) is 7.05 Å². The first-order valence-corrected chi connectivity index (χ1v) is 12.2. The number of carbonyl (C=O) groups excluding carboxylic acids is 2. The highest BCUT2D eigenvalue weighted by molar-refractivity contribution is 7.99. The van der Waals surface area contributed by atoms with E-state index in [0.29, 0.717) is 28.5 Å². The summed E-state index contributed by atoms with van der Waals surface area (Å²) in [6, 6.07) is 18.6. The van der Waals surface area contributed by atoms with Gasteiger partial charge in [0.15, 0.2) is 5.16 Å². The van der Waals surface area contributed by atoms with Crippen LogP contribution in [0.15, 0.2) is 71.2 Å². The summed E-state index contributed by atoms with van der Waals surface area (Å²) in [7, 11) is 1.90. The van der Waals surface area contributed by atoms with Crippen molar-refractivity contribution in [3.05, 3.63) is 87.9 Å². The number of carbonyl (C=O) groups is 2. The molecule has 2 aromatic carbocycles. The molecule has 0 saturated carbocycles. The van der Waals surface area contributed by atoms with Crippen LogP contribution in [0, 0.1) is 6.92 Å². The second-order valence-electron chi connectivity index (χ2n) is 7.42. The van der Waals surface area contributed by atoms with Gasteiger partial charge in [-0.3, -0.25) is 9.59 Å². The minimum absolute atomic E-state index is 0.152. The summed E-state index contributed by atoms with van der Waals surface area (Å²) in [6.07, 6.45) is 0.706. The fraction of sp³-hybridized carbons (Fsp3) is 0.167. The zero-order valence-corrected chi connectivity index (χ0v) is 19.9. The minimum Gasteiger partial charge on any atom is -0.325 e. The van der Waals surface area contributed by atoms with Crippen LogP contribution in [0.4, 0.5) is 11.4 Å². The molecule has 2 aromatic heterocycles. The normalized spacial score (nSPS) is 10.7. The molecule has 0 atom stereocenters. The van der Waals surface area contributed by atoms with Gasteiger partial charge in [0, 0.05) is 24.0 Å². The zero-order valence-electron chi connectivity index (χ0n) is 18.2. The molecule has 33 heavy (non-hydrogen) atoms. The van der Waals surface area contributed by atoms with Crippen LogP contribution >= 0.6 is 23.1 Å². The topological polar surface area (TPSA) is 88.9 Å². The van der Waals surface area contributed by atoms with Gasteiger partial charge in [-0.2, -0.15) is 0 Å². The van der Waals surface area contributed by atoms with Crippen molar-refractivity contribution in [3.8, 4) is 0 Å². The van der Waals surface area contributed by atoms with Gasteiger partial charge in [0.25, 0.3) is 5.91 Å². The number of hydrogen-bond acceptors (Lipinski definition) is 6. The van der Waals surface area contributed by atoms with Crippen LogP contribution in [0.5, 0.6) is 0 Å². The van der Waals surface area contributed by atoms with Gasteiger partial charge in [0.2, 0.25) is 5.91 Å². The number of benzene rings is 2. The monoisotopic (exact) mass is 477 g/mol. The lowest BCUT2D eigenvalue weighted by molar-refractivity contribution is -0.113. The van der Waals surface area contributed by atoms with Gasteiger partial charge < -0.3 is 15.2 Å². The molecule has 0 aliphatic carbocycles. The van der Waals surface area contributed by atoms with E-state index in [9.17, 15) is 9.59 Å². The molecule has 4 aromatic rings. The summed E-state index contributed by atoms with van der Waals surface area (Å²) in [5, 5.41) is 16.9. The van der Waals surface area contributed by atoms with Crippen LogP contribution in [0.2, 0.25) is 0 Å². The maximum atomic E-state index is 12.8. The molecule has 9 heteroatoms. The van der Waals surface area contributed by atoms with E-state index >= 15 is 0 Å². The Labute approximate surface area is 200 Å². The number of aromatic nitrogens is 3. The Kier molecular flexibility index (Phi) is 7.21. The van der Waals surface area contributed by atoms with Crippen LogP contribution in [0.1, 0.15) is 26.6 Å². The molecule has 2 amide bonds. The van der Waals surface area contributed by atoms with E-state index in [4.69, 9.17) is 0 Å². The number of nitrogens with zero attached hydrogens (tertiary/aromatic N) is 3. The second-order valence-corrected chi connectivity index (χ2v) is 9.39. The minimum atomic E-state index is -0.282. The fourth-order valence-corrected chi connectivity index (χ4v) is 4.65. The van der Waals surface area contributed by atoms with Crippen LogP contribution in [0.3, 0.4) is 0 Å². The molecule has 2 N–H and O–H groups in total. The molecule has 2 heterocycles. The van der Waals surface area contributed by atoms with Gasteiger partial charge >= 0.3 is 0 Å². The maximum Gasteiger partial charge on any atom is 0.257 e. The highest BCUT2D eigenvalue weighted by Gasteiger charge is 2.16. The number of thiophene rings is 1. The van der Waals surface area contributed by atoms with E-state index in [1.165, 1.54) is 16.6 Å². The van der Waals surface area contributed by atoms with E-state index in [0.717, 1.165) is 11.4 Å². The van der Waals surface area contributed by atoms with Crippen LogP contribution < -0.4 is 10.6 Å². The largest absolute Gasteiger partial charge is 0.325 e. The molecule has 168 valence electrons. The number of rotatable bonds is 8. The average Bonchev–Trinajstić information content (AvgIpc) is 3.43. The Bertz CT molecular complexity index is 1270. The smallest absolute Gasteiger partial charge is 0.257 e. The lowest BCUT2D eigenvalue weighted by Crippen LogP contribution is -2.19. The number of nitrogens with one attached hydrogen (secondary N) is 2. The predicted octanol–water partition coefficient (Wildman–Crippen LogP) is 4.76. The van der Waals surface area contributed by atoms with Gasteiger partial charge in [0.1, 0.15) is 5.82 Å². The van der Waals surface area contributed by atoms with Gasteiger partial charge in [-0.25, -0.2) is 0 Å². The fourth-order valence-electron chi connectivity index (χ4n) is 3.22. The third kappa shape index (κ3) is 5.88. The van der Waals surface area contributed by atoms with Crippen molar-refractivity contribution in [1.82, 2.24) is 14.8 Å². The highest BCUT2D eigenvalue weighted by atomic mass is 32.2. The van der Waals surface area contributed by atoms with Crippen molar-refractivity contribution in [2.45, 2.75) is 18.5 Å². The van der Waals surface area contributed by atoms with Crippen molar-refractivity contribution in [2.75, 3.05) is 16.4 Å². The summed E-state index contributed by atoms with van der Waals surface area (Å²) in [5.41, 5.74) is 2.62. The second kappa shape index (κ2) is 10.5. The predicted molar refractivity (Wildman–Crippen MR) is 133 cm³/mol. The molecule has 0 spiro atoms. The first kappa shape index (κ1) is 22.8. The Hall–Kier alpha value is -3.43. The first-order valence-electron chi connectivity index (χ1n) is 10.3. The summed E-state index contributed by atoms with van der Waals surface area (Å²) < 4.78 is 1.90. The van der Waals surface area contributed by atoms with Gasteiger partial charge in [0.05, 0.1) is 17.0 Å². The standard InChI is InChI=1S/C24H23N5O2S2/c1-16-7-5-8-17(13-16)25-23(31)19-10-3-4-11-20(19)26-22(30)15-33-24-28-27-21(29(24)2)14-18-9-6-12-32-18/h3-13H,14-15H2,1-2H3,(H,25,31)(H,26,30).